The highest BCUT2D eigenvalue weighted by atomic mass is 15.2. The molecule has 4 heteroatoms. The van der Waals surface area contributed by atoms with E-state index in [0.717, 1.165) is 47.4 Å². The van der Waals surface area contributed by atoms with Crippen molar-refractivity contribution < 1.29 is 0 Å². The van der Waals surface area contributed by atoms with Gasteiger partial charge in [-0.05, 0) is 42.2 Å². The van der Waals surface area contributed by atoms with Gasteiger partial charge in [-0.1, -0.05) is 49.4 Å². The van der Waals surface area contributed by atoms with E-state index in [1.807, 2.05) is 32.5 Å². The van der Waals surface area contributed by atoms with Gasteiger partial charge in [0.15, 0.2) is 5.82 Å². The summed E-state index contributed by atoms with van der Waals surface area (Å²) >= 11 is 0. The van der Waals surface area contributed by atoms with Crippen LogP contribution in [0.5, 0.6) is 0 Å². The Bertz CT molecular complexity index is 1110. The first kappa shape index (κ1) is 20.0. The minimum absolute atomic E-state index is 0.414. The average molecular weight is 397 g/mol. The zero-order chi connectivity index (χ0) is 20.9. The number of rotatable bonds is 4. The molecule has 0 saturated carbocycles. The number of hydrogen-bond donors (Lipinski definition) is 0. The molecule has 0 fully saturated rings. The summed E-state index contributed by atoms with van der Waals surface area (Å²) in [6.07, 6.45) is 21.6. The molecule has 0 N–H and O–H groups in total. The summed E-state index contributed by atoms with van der Waals surface area (Å²) < 4.78 is 0. The lowest BCUT2D eigenvalue weighted by atomic mass is 9.87. The summed E-state index contributed by atoms with van der Waals surface area (Å²) in [5, 5.41) is 1.08. The molecule has 1 atom stereocenters. The van der Waals surface area contributed by atoms with Gasteiger partial charge < -0.3 is 4.90 Å². The minimum Gasteiger partial charge on any atom is -0.362 e. The molecule has 1 aromatic heterocycles. The van der Waals surface area contributed by atoms with Crippen LogP contribution in [0.3, 0.4) is 0 Å². The number of anilines is 1. The van der Waals surface area contributed by atoms with E-state index in [0.29, 0.717) is 5.92 Å². The van der Waals surface area contributed by atoms with Gasteiger partial charge in [-0.3, -0.25) is 4.99 Å². The Kier molecular flexibility index (Phi) is 6.03. The largest absolute Gasteiger partial charge is 0.362 e. The molecule has 0 amide bonds. The lowest BCUT2D eigenvalue weighted by Gasteiger charge is -2.20. The Labute approximate surface area is 178 Å². The highest BCUT2D eigenvalue weighted by molar-refractivity contribution is 5.94. The monoisotopic (exact) mass is 396 g/mol. The summed E-state index contributed by atoms with van der Waals surface area (Å²) in [5.41, 5.74) is 4.67. The van der Waals surface area contributed by atoms with Gasteiger partial charge in [0.05, 0.1) is 5.52 Å². The second kappa shape index (κ2) is 9.04. The highest BCUT2D eigenvalue weighted by Crippen LogP contribution is 2.33. The molecular formula is C26H28N4. The first-order valence-electron chi connectivity index (χ1n) is 10.6. The Morgan fingerprint density at radius 2 is 2.00 bits per heavy atom. The van der Waals surface area contributed by atoms with Gasteiger partial charge in [0.25, 0.3) is 0 Å². The molecule has 0 saturated heterocycles. The molecule has 4 rings (SSSR count). The molecule has 1 aliphatic heterocycles. The molecule has 2 aromatic rings. The topological polar surface area (TPSA) is 41.4 Å². The summed E-state index contributed by atoms with van der Waals surface area (Å²) in [7, 11) is 4.08. The number of fused-ring (bicyclic) bond motifs is 1. The smallest absolute Gasteiger partial charge is 0.158 e. The Hall–Kier alpha value is -3.27. The number of benzene rings is 1. The normalized spacial score (nSPS) is 20.7. The lowest BCUT2D eigenvalue weighted by Crippen LogP contribution is -2.13. The summed E-state index contributed by atoms with van der Waals surface area (Å²) in [6.45, 7) is 2.24. The number of aromatic nitrogens is 2. The molecule has 0 spiro atoms. The van der Waals surface area contributed by atoms with Crippen LogP contribution in [0, 0.1) is 5.92 Å². The van der Waals surface area contributed by atoms with Crippen molar-refractivity contribution in [3.8, 4) is 0 Å². The molecule has 1 aliphatic carbocycles. The number of nitrogens with zero attached hydrogens (tertiary/aromatic N) is 4. The molecule has 2 aliphatic rings. The third kappa shape index (κ3) is 4.18. The van der Waals surface area contributed by atoms with Crippen molar-refractivity contribution in [1.82, 2.24) is 9.97 Å². The molecular weight excluding hydrogens is 368 g/mol. The van der Waals surface area contributed by atoms with E-state index in [1.54, 1.807) is 6.20 Å². The quantitative estimate of drug-likeness (QED) is 0.637. The Morgan fingerprint density at radius 3 is 2.83 bits per heavy atom. The maximum atomic E-state index is 4.93. The predicted molar refractivity (Wildman–Crippen MR) is 129 cm³/mol. The van der Waals surface area contributed by atoms with Crippen molar-refractivity contribution in [1.29, 1.82) is 0 Å². The van der Waals surface area contributed by atoms with Gasteiger partial charge in [0, 0.05) is 49.8 Å². The van der Waals surface area contributed by atoms with E-state index in [9.17, 15) is 0 Å². The van der Waals surface area contributed by atoms with E-state index >= 15 is 0 Å². The van der Waals surface area contributed by atoms with Crippen LogP contribution in [0.2, 0.25) is 0 Å². The van der Waals surface area contributed by atoms with Crippen LogP contribution in [0.15, 0.2) is 71.9 Å². The van der Waals surface area contributed by atoms with E-state index in [-0.39, 0.29) is 0 Å². The maximum Gasteiger partial charge on any atom is 0.158 e. The van der Waals surface area contributed by atoms with Crippen molar-refractivity contribution in [2.75, 3.05) is 19.0 Å². The third-order valence-corrected chi connectivity index (χ3v) is 5.51. The number of allylic oxidation sites excluding steroid dienone is 9. The standard InChI is InChI=1S/C26H28N4/c1-4-19-10-7-5-6-8-12-22(19)21-13-14-24-23(18-21)26(30(2)3)29-25(28-24)20-11-9-16-27-17-15-20/h5-7,9-14,16-19H,4,8,15H2,1-3H3/b6-5-,10-7-,22-12?. The van der Waals surface area contributed by atoms with Crippen LogP contribution in [-0.2, 0) is 0 Å². The highest BCUT2D eigenvalue weighted by Gasteiger charge is 2.16. The number of aliphatic imine (C=N–C) groups is 1. The van der Waals surface area contributed by atoms with Crippen LogP contribution in [0.25, 0.3) is 22.0 Å². The summed E-state index contributed by atoms with van der Waals surface area (Å²) in [4.78, 5) is 16.1. The second-order valence-electron chi connectivity index (χ2n) is 7.79. The third-order valence-electron chi connectivity index (χ3n) is 5.51. The van der Waals surface area contributed by atoms with Crippen molar-refractivity contribution in [3.63, 3.8) is 0 Å². The molecule has 2 heterocycles. The lowest BCUT2D eigenvalue weighted by molar-refractivity contribution is 0.790. The fourth-order valence-electron chi connectivity index (χ4n) is 3.92. The van der Waals surface area contributed by atoms with Gasteiger partial charge in [0.1, 0.15) is 5.82 Å². The summed E-state index contributed by atoms with van der Waals surface area (Å²) in [6, 6.07) is 6.59. The summed E-state index contributed by atoms with van der Waals surface area (Å²) in [5.74, 6) is 2.12. The van der Waals surface area contributed by atoms with E-state index in [2.05, 4.69) is 65.4 Å². The molecule has 1 unspecified atom stereocenters. The van der Waals surface area contributed by atoms with Crippen LogP contribution < -0.4 is 4.90 Å². The Morgan fingerprint density at radius 1 is 1.10 bits per heavy atom. The van der Waals surface area contributed by atoms with Crippen molar-refractivity contribution in [2.24, 2.45) is 10.9 Å². The van der Waals surface area contributed by atoms with E-state index in [1.165, 1.54) is 11.1 Å². The predicted octanol–water partition coefficient (Wildman–Crippen LogP) is 5.99. The molecule has 1 aromatic carbocycles. The molecule has 4 nitrogen and oxygen atoms in total. The average Bonchev–Trinajstić information content (AvgIpc) is 3.02. The fraction of sp³-hybridized carbons (Fsp3) is 0.269. The Balaban J connectivity index is 1.83. The minimum atomic E-state index is 0.414. The zero-order valence-corrected chi connectivity index (χ0v) is 17.9. The zero-order valence-electron chi connectivity index (χ0n) is 17.9. The second-order valence-corrected chi connectivity index (χ2v) is 7.79. The van der Waals surface area contributed by atoms with Crippen molar-refractivity contribution in [3.05, 3.63) is 78.3 Å². The van der Waals surface area contributed by atoms with E-state index in [4.69, 9.17) is 9.97 Å². The molecule has 152 valence electrons. The van der Waals surface area contributed by atoms with Gasteiger partial charge in [-0.25, -0.2) is 9.97 Å². The van der Waals surface area contributed by atoms with Gasteiger partial charge >= 0.3 is 0 Å². The SMILES string of the molecule is CCC1/C=C\C=C/CC=C1c1ccc2nc(C3=CC=CN=CC3)nc(N(C)C)c2c1. The first-order valence-corrected chi connectivity index (χ1v) is 10.6. The fourth-order valence-corrected chi connectivity index (χ4v) is 3.92. The molecule has 30 heavy (non-hydrogen) atoms. The van der Waals surface area contributed by atoms with Crippen LogP contribution >= 0.6 is 0 Å². The maximum absolute atomic E-state index is 4.93. The van der Waals surface area contributed by atoms with Crippen LogP contribution in [0.1, 0.15) is 37.6 Å². The van der Waals surface area contributed by atoms with Gasteiger partial charge in [-0.15, -0.1) is 0 Å². The van der Waals surface area contributed by atoms with Crippen molar-refractivity contribution >= 4 is 34.1 Å². The number of hydrogen-bond acceptors (Lipinski definition) is 4. The van der Waals surface area contributed by atoms with Crippen LogP contribution in [0.4, 0.5) is 5.82 Å². The van der Waals surface area contributed by atoms with E-state index < -0.39 is 0 Å². The molecule has 0 bridgehead atoms. The first-order chi connectivity index (χ1) is 14.7. The molecule has 0 radical (unpaired) electrons. The van der Waals surface area contributed by atoms with Crippen LogP contribution in [-0.4, -0.2) is 30.3 Å². The van der Waals surface area contributed by atoms with Gasteiger partial charge in [-0.2, -0.15) is 0 Å². The van der Waals surface area contributed by atoms with Gasteiger partial charge in [0.2, 0.25) is 0 Å². The van der Waals surface area contributed by atoms with Crippen molar-refractivity contribution in [2.45, 2.75) is 26.2 Å².